The Balaban J connectivity index is 2.64. The Bertz CT molecular complexity index is 345. The standard InChI is InChI=1S/C9H12N4O/c1-7(8(2)13-14)11-12-9-5-3-4-6-10-9/h3-6,14H,1-2H3,(H,10,12)/b11-7+,13-8+. The number of aromatic nitrogens is 1. The van der Waals surface area contributed by atoms with Gasteiger partial charge in [0.1, 0.15) is 5.82 Å². The van der Waals surface area contributed by atoms with Crippen LogP contribution in [0.1, 0.15) is 13.8 Å². The summed E-state index contributed by atoms with van der Waals surface area (Å²) in [4.78, 5) is 4.02. The Morgan fingerprint density at radius 1 is 1.36 bits per heavy atom. The number of anilines is 1. The van der Waals surface area contributed by atoms with E-state index in [2.05, 4.69) is 20.7 Å². The van der Waals surface area contributed by atoms with Crippen LogP contribution in [0.3, 0.4) is 0 Å². The summed E-state index contributed by atoms with van der Waals surface area (Å²) in [6, 6.07) is 5.47. The van der Waals surface area contributed by atoms with Crippen molar-refractivity contribution >= 4 is 17.2 Å². The summed E-state index contributed by atoms with van der Waals surface area (Å²) in [5, 5.41) is 15.5. The van der Waals surface area contributed by atoms with E-state index in [0.29, 0.717) is 17.2 Å². The Labute approximate surface area is 82.2 Å². The highest BCUT2D eigenvalue weighted by Crippen LogP contribution is 1.99. The maximum Gasteiger partial charge on any atom is 0.146 e. The maximum atomic E-state index is 8.47. The molecule has 74 valence electrons. The van der Waals surface area contributed by atoms with Crippen molar-refractivity contribution in [3.05, 3.63) is 24.4 Å². The summed E-state index contributed by atoms with van der Waals surface area (Å²) in [6.07, 6.45) is 1.67. The van der Waals surface area contributed by atoms with Crippen LogP contribution in [0.25, 0.3) is 0 Å². The molecule has 0 spiro atoms. The number of hydrazone groups is 1. The summed E-state index contributed by atoms with van der Waals surface area (Å²) in [5.41, 5.74) is 3.82. The van der Waals surface area contributed by atoms with Crippen molar-refractivity contribution in [2.75, 3.05) is 5.43 Å². The third-order valence-electron chi connectivity index (χ3n) is 1.68. The summed E-state index contributed by atoms with van der Waals surface area (Å²) < 4.78 is 0. The molecule has 0 aliphatic carbocycles. The van der Waals surface area contributed by atoms with Crippen molar-refractivity contribution in [1.29, 1.82) is 0 Å². The molecule has 0 saturated carbocycles. The summed E-state index contributed by atoms with van der Waals surface area (Å²) in [5.74, 6) is 0.651. The van der Waals surface area contributed by atoms with Crippen molar-refractivity contribution in [3.63, 3.8) is 0 Å². The van der Waals surface area contributed by atoms with Crippen LogP contribution >= 0.6 is 0 Å². The molecule has 0 bridgehead atoms. The minimum absolute atomic E-state index is 0.466. The molecule has 0 saturated heterocycles. The average Bonchev–Trinajstić information content (AvgIpc) is 2.26. The monoisotopic (exact) mass is 192 g/mol. The number of rotatable bonds is 3. The van der Waals surface area contributed by atoms with Crippen molar-refractivity contribution in [2.24, 2.45) is 10.3 Å². The van der Waals surface area contributed by atoms with Crippen LogP contribution in [0.15, 0.2) is 34.7 Å². The second-order valence-corrected chi connectivity index (χ2v) is 2.71. The SMILES string of the molecule is CC(=N\O)/C(C)=N/Nc1ccccn1. The number of oxime groups is 1. The second kappa shape index (κ2) is 4.96. The van der Waals surface area contributed by atoms with Gasteiger partial charge in [0.25, 0.3) is 0 Å². The molecule has 2 N–H and O–H groups in total. The van der Waals surface area contributed by atoms with Gasteiger partial charge < -0.3 is 5.21 Å². The van der Waals surface area contributed by atoms with Crippen LogP contribution in [0.2, 0.25) is 0 Å². The van der Waals surface area contributed by atoms with Crippen LogP contribution < -0.4 is 5.43 Å². The van der Waals surface area contributed by atoms with Gasteiger partial charge in [0, 0.05) is 6.20 Å². The lowest BCUT2D eigenvalue weighted by molar-refractivity contribution is 0.320. The van der Waals surface area contributed by atoms with Crippen LogP contribution in [0.4, 0.5) is 5.82 Å². The van der Waals surface area contributed by atoms with E-state index in [1.54, 1.807) is 26.1 Å². The maximum absolute atomic E-state index is 8.47. The molecular formula is C9H12N4O. The first-order valence-electron chi connectivity index (χ1n) is 4.14. The molecule has 1 rings (SSSR count). The van der Waals surface area contributed by atoms with E-state index >= 15 is 0 Å². The van der Waals surface area contributed by atoms with Gasteiger partial charge in [0.2, 0.25) is 0 Å². The highest BCUT2D eigenvalue weighted by atomic mass is 16.4. The predicted molar refractivity (Wildman–Crippen MR) is 55.9 cm³/mol. The molecule has 0 aliphatic rings. The van der Waals surface area contributed by atoms with E-state index in [-0.39, 0.29) is 0 Å². The van der Waals surface area contributed by atoms with Gasteiger partial charge in [-0.3, -0.25) is 5.43 Å². The van der Waals surface area contributed by atoms with Crippen LogP contribution in [-0.2, 0) is 0 Å². The smallest absolute Gasteiger partial charge is 0.146 e. The quantitative estimate of drug-likeness (QED) is 0.435. The number of pyridine rings is 1. The zero-order valence-corrected chi connectivity index (χ0v) is 8.10. The fourth-order valence-electron chi connectivity index (χ4n) is 0.723. The zero-order chi connectivity index (χ0) is 10.4. The molecular weight excluding hydrogens is 180 g/mol. The van der Waals surface area contributed by atoms with Crippen LogP contribution in [0, 0.1) is 0 Å². The van der Waals surface area contributed by atoms with Gasteiger partial charge in [-0.15, -0.1) is 0 Å². The van der Waals surface area contributed by atoms with Crippen molar-refractivity contribution in [1.82, 2.24) is 4.98 Å². The predicted octanol–water partition coefficient (Wildman–Crippen LogP) is 1.72. The van der Waals surface area contributed by atoms with E-state index in [9.17, 15) is 0 Å². The van der Waals surface area contributed by atoms with E-state index < -0.39 is 0 Å². The summed E-state index contributed by atoms with van der Waals surface area (Å²) in [7, 11) is 0. The molecule has 14 heavy (non-hydrogen) atoms. The molecule has 0 radical (unpaired) electrons. The number of hydrogen-bond donors (Lipinski definition) is 2. The first-order valence-corrected chi connectivity index (χ1v) is 4.14. The molecule has 1 heterocycles. The first-order chi connectivity index (χ1) is 6.74. The van der Waals surface area contributed by atoms with Crippen molar-refractivity contribution in [2.45, 2.75) is 13.8 Å². The molecule has 1 aromatic rings. The number of hydrogen-bond acceptors (Lipinski definition) is 5. The molecule has 1 aromatic heterocycles. The Morgan fingerprint density at radius 2 is 2.14 bits per heavy atom. The van der Waals surface area contributed by atoms with Gasteiger partial charge >= 0.3 is 0 Å². The summed E-state index contributed by atoms with van der Waals surface area (Å²) in [6.45, 7) is 3.41. The van der Waals surface area contributed by atoms with Gasteiger partial charge in [-0.25, -0.2) is 4.98 Å². The highest BCUT2D eigenvalue weighted by Gasteiger charge is 1.96. The van der Waals surface area contributed by atoms with Crippen LogP contribution in [-0.4, -0.2) is 21.6 Å². The molecule has 5 nitrogen and oxygen atoms in total. The average molecular weight is 192 g/mol. The third-order valence-corrected chi connectivity index (χ3v) is 1.68. The highest BCUT2D eigenvalue weighted by molar-refractivity contribution is 6.40. The lowest BCUT2D eigenvalue weighted by atomic mass is 10.3. The minimum Gasteiger partial charge on any atom is -0.411 e. The van der Waals surface area contributed by atoms with Gasteiger partial charge in [-0.2, -0.15) is 5.10 Å². The molecule has 0 amide bonds. The fourth-order valence-corrected chi connectivity index (χ4v) is 0.723. The van der Waals surface area contributed by atoms with E-state index in [1.165, 1.54) is 0 Å². The van der Waals surface area contributed by atoms with Crippen molar-refractivity contribution in [3.8, 4) is 0 Å². The fraction of sp³-hybridized carbons (Fsp3) is 0.222. The topological polar surface area (TPSA) is 69.9 Å². The normalized spacial score (nSPS) is 12.7. The largest absolute Gasteiger partial charge is 0.411 e. The van der Waals surface area contributed by atoms with E-state index in [0.717, 1.165) is 0 Å². The lowest BCUT2D eigenvalue weighted by Crippen LogP contribution is -2.08. The number of nitrogens with zero attached hydrogens (tertiary/aromatic N) is 3. The van der Waals surface area contributed by atoms with E-state index in [1.807, 2.05) is 12.1 Å². The Hall–Kier alpha value is -1.91. The summed E-state index contributed by atoms with van der Waals surface area (Å²) >= 11 is 0. The second-order valence-electron chi connectivity index (χ2n) is 2.71. The number of nitrogens with one attached hydrogen (secondary N) is 1. The minimum atomic E-state index is 0.466. The molecule has 0 unspecified atom stereocenters. The van der Waals surface area contributed by atoms with Crippen molar-refractivity contribution < 1.29 is 5.21 Å². The zero-order valence-electron chi connectivity index (χ0n) is 8.10. The molecule has 0 aromatic carbocycles. The van der Waals surface area contributed by atoms with Gasteiger partial charge in [0.15, 0.2) is 0 Å². The van der Waals surface area contributed by atoms with Gasteiger partial charge in [-0.05, 0) is 26.0 Å². The van der Waals surface area contributed by atoms with Gasteiger partial charge in [0.05, 0.1) is 11.4 Å². The first kappa shape index (κ1) is 10.2. The van der Waals surface area contributed by atoms with Crippen LogP contribution in [0.5, 0.6) is 0 Å². The lowest BCUT2D eigenvalue weighted by Gasteiger charge is -2.00. The Kier molecular flexibility index (Phi) is 3.60. The van der Waals surface area contributed by atoms with E-state index in [4.69, 9.17) is 5.21 Å². The molecule has 0 fully saturated rings. The molecule has 5 heteroatoms. The van der Waals surface area contributed by atoms with Gasteiger partial charge in [-0.1, -0.05) is 11.2 Å². The Morgan fingerprint density at radius 3 is 2.71 bits per heavy atom. The third kappa shape index (κ3) is 2.85. The molecule has 0 aliphatic heterocycles. The molecule has 0 atom stereocenters.